The third-order valence-corrected chi connectivity index (χ3v) is 2.71. The molecule has 0 aliphatic carbocycles. The van der Waals surface area contributed by atoms with Gasteiger partial charge in [0.2, 0.25) is 5.89 Å². The van der Waals surface area contributed by atoms with E-state index in [1.54, 1.807) is 13.4 Å². The number of methoxy groups -OCH3 is 1. The van der Waals surface area contributed by atoms with E-state index < -0.39 is 0 Å². The van der Waals surface area contributed by atoms with Crippen LogP contribution in [0.4, 0.5) is 5.95 Å². The van der Waals surface area contributed by atoms with Crippen molar-refractivity contribution >= 4 is 5.95 Å². The molecule has 0 saturated carbocycles. The molecule has 0 spiro atoms. The molecule has 0 fully saturated rings. The van der Waals surface area contributed by atoms with Crippen molar-refractivity contribution in [2.45, 2.75) is 26.4 Å². The fraction of sp³-hybridized carbons (Fsp3) is 0.636. The molecule has 2 rings (SSSR count). The lowest BCUT2D eigenvalue weighted by molar-refractivity contribution is 0.186. The summed E-state index contributed by atoms with van der Waals surface area (Å²) >= 11 is 0. The van der Waals surface area contributed by atoms with Gasteiger partial charge >= 0.3 is 0 Å². The second-order valence-corrected chi connectivity index (χ2v) is 4.13. The Bertz CT molecular complexity index is 509. The third kappa shape index (κ3) is 3.28. The van der Waals surface area contributed by atoms with Gasteiger partial charge in [0, 0.05) is 27.1 Å². The Morgan fingerprint density at radius 3 is 3.00 bits per heavy atom. The smallest absolute Gasteiger partial charge is 0.266 e. The summed E-state index contributed by atoms with van der Waals surface area (Å²) in [6.07, 6.45) is 2.42. The first-order valence-electron chi connectivity index (χ1n) is 6.14. The Balaban J connectivity index is 2.01. The maximum atomic E-state index is 5.08. The summed E-state index contributed by atoms with van der Waals surface area (Å²) in [5.74, 6) is 2.02. The summed E-state index contributed by atoms with van der Waals surface area (Å²) in [6.45, 7) is 3.88. The van der Waals surface area contributed by atoms with Crippen LogP contribution in [0.1, 0.15) is 18.6 Å². The molecule has 0 unspecified atom stereocenters. The maximum absolute atomic E-state index is 5.08. The highest BCUT2D eigenvalue weighted by atomic mass is 16.5. The Hall–Kier alpha value is -1.96. The third-order valence-electron chi connectivity index (χ3n) is 2.71. The zero-order valence-corrected chi connectivity index (χ0v) is 11.4. The predicted molar refractivity (Wildman–Crippen MR) is 67.7 cm³/mol. The number of aromatic nitrogens is 5. The molecule has 0 aliphatic rings. The van der Waals surface area contributed by atoms with Crippen LogP contribution in [0.3, 0.4) is 0 Å². The summed E-state index contributed by atoms with van der Waals surface area (Å²) in [4.78, 5) is 6.14. The molecule has 2 heterocycles. The zero-order valence-electron chi connectivity index (χ0n) is 11.4. The summed E-state index contributed by atoms with van der Waals surface area (Å²) < 4.78 is 12.1. The Morgan fingerprint density at radius 2 is 2.32 bits per heavy atom. The van der Waals surface area contributed by atoms with E-state index in [4.69, 9.17) is 9.26 Å². The van der Waals surface area contributed by atoms with Crippen molar-refractivity contribution in [3.05, 3.63) is 18.0 Å². The molecule has 2 aromatic heterocycles. The number of aryl methyl sites for hydroxylation is 1. The standard InChI is InChI=1S/C11H18N6O2/c1-4-10-13-11(15-19-10)16(2)7-9-14-12-8-17(9)5-6-18-3/h8H,4-7H2,1-3H3. The van der Waals surface area contributed by atoms with E-state index in [1.807, 2.05) is 23.4 Å². The van der Waals surface area contributed by atoms with Gasteiger partial charge in [-0.3, -0.25) is 0 Å². The quantitative estimate of drug-likeness (QED) is 0.722. The SMILES string of the molecule is CCc1nc(N(C)Cc2nncn2CCOC)no1. The number of ether oxygens (including phenoxy) is 1. The molecular weight excluding hydrogens is 248 g/mol. The molecule has 0 radical (unpaired) electrons. The van der Waals surface area contributed by atoms with Crippen molar-refractivity contribution in [1.82, 2.24) is 24.9 Å². The summed E-state index contributed by atoms with van der Waals surface area (Å²) in [5.41, 5.74) is 0. The second kappa shape index (κ2) is 6.28. The summed E-state index contributed by atoms with van der Waals surface area (Å²) in [5, 5.41) is 11.9. The van der Waals surface area contributed by atoms with Crippen molar-refractivity contribution in [1.29, 1.82) is 0 Å². The van der Waals surface area contributed by atoms with Crippen molar-refractivity contribution in [3.63, 3.8) is 0 Å². The molecule has 0 aliphatic heterocycles. The first-order valence-corrected chi connectivity index (χ1v) is 6.14. The van der Waals surface area contributed by atoms with E-state index in [-0.39, 0.29) is 0 Å². The zero-order chi connectivity index (χ0) is 13.7. The van der Waals surface area contributed by atoms with Crippen LogP contribution in [0.15, 0.2) is 10.9 Å². The van der Waals surface area contributed by atoms with Gasteiger partial charge in [0.05, 0.1) is 13.2 Å². The highest BCUT2D eigenvalue weighted by molar-refractivity contribution is 5.26. The molecule has 0 saturated heterocycles. The molecule has 0 amide bonds. The number of hydrogen-bond acceptors (Lipinski definition) is 7. The van der Waals surface area contributed by atoms with E-state index in [2.05, 4.69) is 20.3 Å². The van der Waals surface area contributed by atoms with Crippen molar-refractivity contribution < 1.29 is 9.26 Å². The van der Waals surface area contributed by atoms with Crippen molar-refractivity contribution in [2.75, 3.05) is 25.7 Å². The fourth-order valence-corrected chi connectivity index (χ4v) is 1.61. The van der Waals surface area contributed by atoms with E-state index >= 15 is 0 Å². The first kappa shape index (κ1) is 13.5. The minimum Gasteiger partial charge on any atom is -0.383 e. The van der Waals surface area contributed by atoms with Crippen LogP contribution in [0.5, 0.6) is 0 Å². The molecule has 0 N–H and O–H groups in total. The number of anilines is 1. The van der Waals surface area contributed by atoms with Gasteiger partial charge in [-0.25, -0.2) is 0 Å². The largest absolute Gasteiger partial charge is 0.383 e. The average Bonchev–Trinajstić information content (AvgIpc) is 3.05. The molecule has 0 bridgehead atoms. The lowest BCUT2D eigenvalue weighted by Crippen LogP contribution is -2.21. The molecule has 2 aromatic rings. The Labute approximate surface area is 111 Å². The van der Waals surface area contributed by atoms with Crippen LogP contribution in [0.2, 0.25) is 0 Å². The average molecular weight is 266 g/mol. The fourth-order valence-electron chi connectivity index (χ4n) is 1.61. The van der Waals surface area contributed by atoms with E-state index in [0.29, 0.717) is 25.0 Å². The monoisotopic (exact) mass is 266 g/mol. The van der Waals surface area contributed by atoms with Gasteiger partial charge in [0.15, 0.2) is 5.82 Å². The van der Waals surface area contributed by atoms with E-state index in [0.717, 1.165) is 18.8 Å². The lowest BCUT2D eigenvalue weighted by atomic mass is 10.5. The van der Waals surface area contributed by atoms with Gasteiger partial charge in [0.25, 0.3) is 5.95 Å². The van der Waals surface area contributed by atoms with Gasteiger partial charge in [-0.15, -0.1) is 10.2 Å². The van der Waals surface area contributed by atoms with Gasteiger partial charge in [-0.05, 0) is 5.16 Å². The van der Waals surface area contributed by atoms with Gasteiger partial charge in [-0.1, -0.05) is 6.92 Å². The molecule has 8 heteroatoms. The van der Waals surface area contributed by atoms with Crippen LogP contribution < -0.4 is 4.90 Å². The van der Waals surface area contributed by atoms with Gasteiger partial charge < -0.3 is 18.7 Å². The van der Waals surface area contributed by atoms with Crippen LogP contribution in [0.25, 0.3) is 0 Å². The second-order valence-electron chi connectivity index (χ2n) is 4.13. The molecule has 19 heavy (non-hydrogen) atoms. The van der Waals surface area contributed by atoms with E-state index in [1.165, 1.54) is 0 Å². The van der Waals surface area contributed by atoms with Crippen LogP contribution in [-0.4, -0.2) is 45.7 Å². The number of nitrogens with zero attached hydrogens (tertiary/aromatic N) is 6. The minimum atomic E-state index is 0.554. The topological polar surface area (TPSA) is 82.1 Å². The van der Waals surface area contributed by atoms with Gasteiger partial charge in [-0.2, -0.15) is 4.98 Å². The molecule has 0 aromatic carbocycles. The molecular formula is C11H18N6O2. The molecule has 104 valence electrons. The van der Waals surface area contributed by atoms with Crippen molar-refractivity contribution in [2.24, 2.45) is 0 Å². The first-order chi connectivity index (χ1) is 9.24. The Kier molecular flexibility index (Phi) is 4.45. The lowest BCUT2D eigenvalue weighted by Gasteiger charge is -2.14. The maximum Gasteiger partial charge on any atom is 0.266 e. The molecule has 8 nitrogen and oxygen atoms in total. The highest BCUT2D eigenvalue weighted by Gasteiger charge is 2.13. The predicted octanol–water partition coefficient (Wildman–Crippen LogP) is 0.506. The van der Waals surface area contributed by atoms with Crippen LogP contribution >= 0.6 is 0 Å². The number of hydrogen-bond donors (Lipinski definition) is 0. The summed E-state index contributed by atoms with van der Waals surface area (Å²) in [7, 11) is 3.56. The highest BCUT2D eigenvalue weighted by Crippen LogP contribution is 2.10. The molecule has 0 atom stereocenters. The van der Waals surface area contributed by atoms with Crippen LogP contribution in [-0.2, 0) is 24.2 Å². The minimum absolute atomic E-state index is 0.554. The normalized spacial score (nSPS) is 10.9. The number of rotatable bonds is 7. The Morgan fingerprint density at radius 1 is 1.47 bits per heavy atom. The van der Waals surface area contributed by atoms with E-state index in [9.17, 15) is 0 Å². The summed E-state index contributed by atoms with van der Waals surface area (Å²) in [6, 6.07) is 0. The van der Waals surface area contributed by atoms with Gasteiger partial charge in [0.1, 0.15) is 6.33 Å². The van der Waals surface area contributed by atoms with Crippen molar-refractivity contribution in [3.8, 4) is 0 Å². The van der Waals surface area contributed by atoms with Crippen LogP contribution in [0, 0.1) is 0 Å².